The highest BCUT2D eigenvalue weighted by Crippen LogP contribution is 2.32. The molecule has 1 saturated heterocycles. The van der Waals surface area contributed by atoms with E-state index in [0.29, 0.717) is 30.6 Å². The lowest BCUT2D eigenvalue weighted by atomic mass is 9.98. The van der Waals surface area contributed by atoms with Crippen molar-refractivity contribution >= 4 is 21.2 Å². The molecule has 0 saturated carbocycles. The van der Waals surface area contributed by atoms with Crippen LogP contribution in [0.5, 0.6) is 11.5 Å². The van der Waals surface area contributed by atoms with Crippen LogP contribution in [0.25, 0.3) is 10.9 Å². The van der Waals surface area contributed by atoms with Gasteiger partial charge < -0.3 is 14.4 Å². The Morgan fingerprint density at radius 3 is 2.71 bits per heavy atom. The predicted molar refractivity (Wildman–Crippen MR) is 107 cm³/mol. The van der Waals surface area contributed by atoms with Crippen molar-refractivity contribution in [2.75, 3.05) is 46.9 Å². The minimum absolute atomic E-state index is 0.279. The van der Waals surface area contributed by atoms with Gasteiger partial charge in [0.05, 0.1) is 19.2 Å². The lowest BCUT2D eigenvalue weighted by Gasteiger charge is -2.32. The molecule has 154 valence electrons. The van der Waals surface area contributed by atoms with E-state index in [9.17, 15) is 8.42 Å². The molecule has 8 nitrogen and oxygen atoms in total. The number of piperidine rings is 1. The average molecular weight is 410 g/mol. The van der Waals surface area contributed by atoms with E-state index in [4.69, 9.17) is 14.0 Å². The van der Waals surface area contributed by atoms with Gasteiger partial charge in [0.2, 0.25) is 0 Å². The molecular formula is C19H27N3O5S. The van der Waals surface area contributed by atoms with Crippen LogP contribution in [0.3, 0.4) is 0 Å². The molecule has 0 spiro atoms. The Kier molecular flexibility index (Phi) is 6.71. The molecule has 0 radical (unpaired) electrons. The summed E-state index contributed by atoms with van der Waals surface area (Å²) >= 11 is 0. The molecule has 2 heterocycles. The summed E-state index contributed by atoms with van der Waals surface area (Å²) in [6, 6.07) is 7.73. The number of methoxy groups -OCH3 is 1. The molecule has 28 heavy (non-hydrogen) atoms. The highest BCUT2D eigenvalue weighted by atomic mass is 32.2. The van der Waals surface area contributed by atoms with Crippen LogP contribution in [-0.4, -0.2) is 74.1 Å². The normalized spacial score (nSPS) is 16.6. The van der Waals surface area contributed by atoms with Gasteiger partial charge in [-0.3, -0.25) is 9.54 Å². The van der Waals surface area contributed by atoms with E-state index in [0.717, 1.165) is 41.1 Å². The Morgan fingerprint density at radius 1 is 1.29 bits per heavy atom. The quantitative estimate of drug-likeness (QED) is 0.667. The molecule has 2 aromatic rings. The number of rotatable bonds is 8. The Morgan fingerprint density at radius 2 is 2.04 bits per heavy atom. The molecule has 1 N–H and O–H groups in total. The molecule has 1 aliphatic heterocycles. The van der Waals surface area contributed by atoms with Crippen LogP contribution in [0.15, 0.2) is 30.5 Å². The van der Waals surface area contributed by atoms with Crippen LogP contribution in [0, 0.1) is 5.92 Å². The van der Waals surface area contributed by atoms with Crippen LogP contribution in [-0.2, 0) is 10.3 Å². The number of likely N-dealkylation sites (N-methyl/N-ethyl adjacent to an activating group) is 1. The van der Waals surface area contributed by atoms with Gasteiger partial charge in [-0.25, -0.2) is 0 Å². The maximum atomic E-state index is 11.0. The Bertz CT molecular complexity index is 898. The van der Waals surface area contributed by atoms with Gasteiger partial charge in [0.1, 0.15) is 0 Å². The lowest BCUT2D eigenvalue weighted by Crippen LogP contribution is -2.41. The fraction of sp³-hybridized carbons (Fsp3) is 0.526. The molecule has 0 atom stereocenters. The van der Waals surface area contributed by atoms with Gasteiger partial charge in [-0.1, -0.05) is 6.07 Å². The van der Waals surface area contributed by atoms with Gasteiger partial charge in [0.15, 0.2) is 11.5 Å². The van der Waals surface area contributed by atoms with Crippen molar-refractivity contribution in [2.24, 2.45) is 5.92 Å². The SMILES string of the molecule is COc1cc2cccnc2cc1OCC1CCN(CCN(C)S(=O)(=O)O)CC1. The van der Waals surface area contributed by atoms with E-state index in [1.807, 2.05) is 24.3 Å². The summed E-state index contributed by atoms with van der Waals surface area (Å²) < 4.78 is 43.5. The third-order valence-electron chi connectivity index (χ3n) is 5.20. The third kappa shape index (κ3) is 5.32. The molecule has 0 aliphatic carbocycles. The number of benzene rings is 1. The number of hydrogen-bond donors (Lipinski definition) is 1. The van der Waals surface area contributed by atoms with Crippen molar-refractivity contribution in [1.82, 2.24) is 14.2 Å². The number of pyridine rings is 1. The second-order valence-corrected chi connectivity index (χ2v) is 8.61. The van der Waals surface area contributed by atoms with Gasteiger partial charge >= 0.3 is 10.3 Å². The molecule has 0 unspecified atom stereocenters. The second kappa shape index (κ2) is 9.04. The molecule has 1 aromatic carbocycles. The first-order valence-corrected chi connectivity index (χ1v) is 10.7. The summed E-state index contributed by atoms with van der Waals surface area (Å²) in [5.74, 6) is 1.83. The highest BCUT2D eigenvalue weighted by molar-refractivity contribution is 7.83. The van der Waals surface area contributed by atoms with E-state index >= 15 is 0 Å². The minimum Gasteiger partial charge on any atom is -0.493 e. The first-order chi connectivity index (χ1) is 13.4. The van der Waals surface area contributed by atoms with Crippen LogP contribution in [0.2, 0.25) is 0 Å². The molecule has 1 aromatic heterocycles. The molecule has 0 amide bonds. The maximum Gasteiger partial charge on any atom is 0.335 e. The standard InChI is InChI=1S/C19H27N3O5S/c1-21(28(23,24)25)10-11-22-8-5-15(6-9-22)14-27-19-13-17-16(4-3-7-20-17)12-18(19)26-2/h3-4,7,12-13,15H,5-6,8-11,14H2,1-2H3,(H,23,24,25). The van der Waals surface area contributed by atoms with Gasteiger partial charge in [-0.15, -0.1) is 0 Å². The lowest BCUT2D eigenvalue weighted by molar-refractivity contribution is 0.136. The molecule has 1 aliphatic rings. The van der Waals surface area contributed by atoms with E-state index < -0.39 is 10.3 Å². The summed E-state index contributed by atoms with van der Waals surface area (Å²) in [6.45, 7) is 3.25. The van der Waals surface area contributed by atoms with Crippen molar-refractivity contribution in [1.29, 1.82) is 0 Å². The number of aromatic nitrogens is 1. The van der Waals surface area contributed by atoms with Gasteiger partial charge in [-0.05, 0) is 44.0 Å². The van der Waals surface area contributed by atoms with Crippen LogP contribution in [0.1, 0.15) is 12.8 Å². The molecular weight excluding hydrogens is 382 g/mol. The number of fused-ring (bicyclic) bond motifs is 1. The molecule has 0 bridgehead atoms. The minimum atomic E-state index is -4.11. The topological polar surface area (TPSA) is 92.2 Å². The van der Waals surface area contributed by atoms with Gasteiger partial charge in [-0.2, -0.15) is 12.7 Å². The van der Waals surface area contributed by atoms with E-state index in [-0.39, 0.29) is 6.54 Å². The summed E-state index contributed by atoms with van der Waals surface area (Å²) in [4.78, 5) is 6.57. The van der Waals surface area contributed by atoms with Gasteiger partial charge in [0.25, 0.3) is 0 Å². The average Bonchev–Trinajstić information content (AvgIpc) is 2.69. The van der Waals surface area contributed by atoms with Crippen molar-refractivity contribution in [3.63, 3.8) is 0 Å². The van der Waals surface area contributed by atoms with Crippen LogP contribution < -0.4 is 9.47 Å². The number of ether oxygens (including phenoxy) is 2. The zero-order valence-electron chi connectivity index (χ0n) is 16.2. The monoisotopic (exact) mass is 409 g/mol. The number of likely N-dealkylation sites (tertiary alicyclic amines) is 1. The van der Waals surface area contributed by atoms with Gasteiger partial charge in [0, 0.05) is 37.8 Å². The molecule has 1 fully saturated rings. The summed E-state index contributed by atoms with van der Waals surface area (Å²) in [6.07, 6.45) is 3.71. The van der Waals surface area contributed by atoms with Crippen LogP contribution >= 0.6 is 0 Å². The zero-order chi connectivity index (χ0) is 20.1. The number of hydrogen-bond acceptors (Lipinski definition) is 6. The first kappa shape index (κ1) is 20.8. The smallest absolute Gasteiger partial charge is 0.335 e. The molecule has 9 heteroatoms. The predicted octanol–water partition coefficient (Wildman–Crippen LogP) is 2.07. The van der Waals surface area contributed by atoms with E-state index in [2.05, 4.69) is 9.88 Å². The van der Waals surface area contributed by atoms with Crippen LogP contribution in [0.4, 0.5) is 0 Å². The maximum absolute atomic E-state index is 11.0. The van der Waals surface area contributed by atoms with Crippen molar-refractivity contribution in [3.05, 3.63) is 30.5 Å². The summed E-state index contributed by atoms with van der Waals surface area (Å²) in [5, 5.41) is 1.01. The zero-order valence-corrected chi connectivity index (χ0v) is 17.1. The molecule has 3 rings (SSSR count). The Hall–Kier alpha value is -1.94. The summed E-state index contributed by atoms with van der Waals surface area (Å²) in [5.41, 5.74) is 0.871. The second-order valence-electron chi connectivity index (χ2n) is 7.09. The van der Waals surface area contributed by atoms with E-state index in [1.54, 1.807) is 13.3 Å². The fourth-order valence-corrected chi connectivity index (χ4v) is 3.65. The van der Waals surface area contributed by atoms with Crippen molar-refractivity contribution in [3.8, 4) is 11.5 Å². The van der Waals surface area contributed by atoms with Crippen molar-refractivity contribution in [2.45, 2.75) is 12.8 Å². The largest absolute Gasteiger partial charge is 0.493 e. The highest BCUT2D eigenvalue weighted by Gasteiger charge is 2.22. The third-order valence-corrected chi connectivity index (χ3v) is 6.17. The Labute approximate surface area is 165 Å². The summed E-state index contributed by atoms with van der Waals surface area (Å²) in [7, 11) is -1.10. The Balaban J connectivity index is 1.50. The number of nitrogens with zero attached hydrogens (tertiary/aromatic N) is 3. The van der Waals surface area contributed by atoms with E-state index in [1.165, 1.54) is 7.05 Å². The fourth-order valence-electron chi connectivity index (χ4n) is 3.33. The van der Waals surface area contributed by atoms with Crippen molar-refractivity contribution < 1.29 is 22.4 Å². The first-order valence-electron chi connectivity index (χ1n) is 9.33.